The molecule has 0 bridgehead atoms. The summed E-state index contributed by atoms with van der Waals surface area (Å²) in [6.07, 6.45) is 1.24. The van der Waals surface area contributed by atoms with Gasteiger partial charge in [-0.1, -0.05) is 0 Å². The van der Waals surface area contributed by atoms with Gasteiger partial charge >= 0.3 is 0 Å². The Bertz CT molecular complexity index is 466. The number of nitrogens with two attached hydrogens (primary N) is 2. The lowest BCUT2D eigenvalue weighted by molar-refractivity contribution is -0.277. The lowest BCUT2D eigenvalue weighted by Gasteiger charge is -2.45. The Morgan fingerprint density at radius 2 is 1.57 bits per heavy atom. The van der Waals surface area contributed by atoms with E-state index in [2.05, 4.69) is 15.0 Å². The van der Waals surface area contributed by atoms with E-state index in [1.165, 1.54) is 0 Å². The third kappa shape index (κ3) is 3.21. The van der Waals surface area contributed by atoms with Gasteiger partial charge in [0.25, 0.3) is 0 Å². The molecule has 0 aliphatic carbocycles. The Labute approximate surface area is 121 Å². The molecule has 1 aromatic rings. The van der Waals surface area contributed by atoms with Crippen LogP contribution in [-0.2, 0) is 25.4 Å². The van der Waals surface area contributed by atoms with Gasteiger partial charge in [-0.2, -0.15) is 15.0 Å². The summed E-state index contributed by atoms with van der Waals surface area (Å²) in [7, 11) is 0. The average molecular weight is 297 g/mol. The van der Waals surface area contributed by atoms with Crippen molar-refractivity contribution in [2.24, 2.45) is 5.41 Å². The molecule has 0 saturated carbocycles. The fourth-order valence-electron chi connectivity index (χ4n) is 2.72. The van der Waals surface area contributed by atoms with Crippen molar-refractivity contribution in [2.75, 3.05) is 44.9 Å². The minimum absolute atomic E-state index is 0.0502. The van der Waals surface area contributed by atoms with Crippen LogP contribution in [0.1, 0.15) is 12.2 Å². The monoisotopic (exact) mass is 297 g/mol. The summed E-state index contributed by atoms with van der Waals surface area (Å²) in [4.78, 5) is 11.9. The molecule has 3 heterocycles. The largest absolute Gasteiger partial charge is 0.368 e. The number of nitrogens with zero attached hydrogens (tertiary/aromatic N) is 3. The number of rotatable bonds is 3. The summed E-state index contributed by atoms with van der Waals surface area (Å²) in [6.45, 7) is 2.25. The molecule has 3 rings (SSSR count). The molecule has 0 amide bonds. The number of aryl methyl sites for hydroxylation is 1. The first-order chi connectivity index (χ1) is 10.2. The number of ether oxygens (including phenoxy) is 4. The first kappa shape index (κ1) is 14.4. The number of hydrogen-bond acceptors (Lipinski definition) is 9. The highest BCUT2D eigenvalue weighted by Crippen LogP contribution is 2.34. The average Bonchev–Trinajstić information content (AvgIpc) is 2.46. The highest BCUT2D eigenvalue weighted by molar-refractivity contribution is 5.25. The maximum absolute atomic E-state index is 5.74. The molecule has 1 spiro atoms. The summed E-state index contributed by atoms with van der Waals surface area (Å²) >= 11 is 0. The van der Waals surface area contributed by atoms with Crippen molar-refractivity contribution in [3.63, 3.8) is 0 Å². The zero-order chi connectivity index (χ0) is 14.7. The van der Waals surface area contributed by atoms with Gasteiger partial charge in [-0.25, -0.2) is 0 Å². The predicted molar refractivity (Wildman–Crippen MR) is 71.9 cm³/mol. The Kier molecular flexibility index (Phi) is 4.15. The molecule has 9 nitrogen and oxygen atoms in total. The summed E-state index contributed by atoms with van der Waals surface area (Å²) in [6, 6.07) is 0. The molecule has 9 heteroatoms. The highest BCUT2D eigenvalue weighted by atomic mass is 16.7. The smallest absolute Gasteiger partial charge is 0.225 e. The van der Waals surface area contributed by atoms with E-state index >= 15 is 0 Å². The molecule has 0 radical (unpaired) electrons. The lowest BCUT2D eigenvalue weighted by atomic mass is 9.81. The molecule has 1 aromatic heterocycles. The van der Waals surface area contributed by atoms with Crippen molar-refractivity contribution >= 4 is 11.9 Å². The first-order valence-corrected chi connectivity index (χ1v) is 6.79. The maximum atomic E-state index is 5.74. The van der Waals surface area contributed by atoms with Gasteiger partial charge in [0, 0.05) is 6.42 Å². The van der Waals surface area contributed by atoms with Gasteiger partial charge in [0.2, 0.25) is 11.9 Å². The highest BCUT2D eigenvalue weighted by Gasteiger charge is 2.45. The second kappa shape index (κ2) is 6.06. The van der Waals surface area contributed by atoms with Gasteiger partial charge in [-0.15, -0.1) is 0 Å². The van der Waals surface area contributed by atoms with E-state index in [4.69, 9.17) is 30.4 Å². The van der Waals surface area contributed by atoms with Crippen molar-refractivity contribution in [1.29, 1.82) is 0 Å². The Morgan fingerprint density at radius 1 is 0.952 bits per heavy atom. The van der Waals surface area contributed by atoms with E-state index in [1.807, 2.05) is 0 Å². The van der Waals surface area contributed by atoms with Gasteiger partial charge < -0.3 is 30.4 Å². The van der Waals surface area contributed by atoms with Gasteiger partial charge in [0.05, 0.1) is 31.3 Å². The van der Waals surface area contributed by atoms with E-state index in [-0.39, 0.29) is 30.2 Å². The van der Waals surface area contributed by atoms with E-state index < -0.39 is 0 Å². The molecule has 116 valence electrons. The van der Waals surface area contributed by atoms with Crippen molar-refractivity contribution in [3.05, 3.63) is 5.82 Å². The molecule has 2 aliphatic heterocycles. The molecular weight excluding hydrogens is 278 g/mol. The van der Waals surface area contributed by atoms with Crippen LogP contribution in [0, 0.1) is 5.41 Å². The maximum Gasteiger partial charge on any atom is 0.225 e. The quantitative estimate of drug-likeness (QED) is 0.746. The normalized spacial score (nSPS) is 25.0. The molecule has 1 unspecified atom stereocenters. The Morgan fingerprint density at radius 3 is 2.24 bits per heavy atom. The van der Waals surface area contributed by atoms with Crippen LogP contribution in [0.4, 0.5) is 11.9 Å². The second-order valence-corrected chi connectivity index (χ2v) is 5.31. The zero-order valence-corrected chi connectivity index (χ0v) is 11.7. The SMILES string of the molecule is Nc1nc(N)nc(CCC2OCOCC23COCOC3)n1. The van der Waals surface area contributed by atoms with Crippen LogP contribution in [0.2, 0.25) is 0 Å². The minimum Gasteiger partial charge on any atom is -0.368 e. The molecule has 2 aliphatic rings. The minimum atomic E-state index is -0.277. The first-order valence-electron chi connectivity index (χ1n) is 6.79. The second-order valence-electron chi connectivity index (χ2n) is 5.31. The van der Waals surface area contributed by atoms with Gasteiger partial charge in [-0.05, 0) is 6.42 Å². The van der Waals surface area contributed by atoms with Gasteiger partial charge in [-0.3, -0.25) is 0 Å². The summed E-state index contributed by atoms with van der Waals surface area (Å²) < 4.78 is 22.0. The van der Waals surface area contributed by atoms with Crippen molar-refractivity contribution in [1.82, 2.24) is 15.0 Å². The van der Waals surface area contributed by atoms with E-state index in [9.17, 15) is 0 Å². The van der Waals surface area contributed by atoms with E-state index in [1.54, 1.807) is 0 Å². The van der Waals surface area contributed by atoms with Crippen molar-refractivity contribution in [3.8, 4) is 0 Å². The third-order valence-corrected chi connectivity index (χ3v) is 3.72. The van der Waals surface area contributed by atoms with Gasteiger partial charge in [0.15, 0.2) is 0 Å². The summed E-state index contributed by atoms with van der Waals surface area (Å²) in [5.41, 5.74) is 10.9. The van der Waals surface area contributed by atoms with Crippen LogP contribution < -0.4 is 11.5 Å². The van der Waals surface area contributed by atoms with Crippen LogP contribution in [0.5, 0.6) is 0 Å². The molecule has 2 fully saturated rings. The number of aromatic nitrogens is 3. The molecule has 2 saturated heterocycles. The van der Waals surface area contributed by atoms with E-state index in [0.717, 1.165) is 0 Å². The molecule has 4 N–H and O–H groups in total. The van der Waals surface area contributed by atoms with Crippen LogP contribution in [0.25, 0.3) is 0 Å². The number of nitrogen functional groups attached to an aromatic ring is 2. The van der Waals surface area contributed by atoms with E-state index in [0.29, 0.717) is 45.3 Å². The fraction of sp³-hybridized carbons (Fsp3) is 0.750. The standard InChI is InChI=1S/C12H19N5O4/c13-10-15-9(16-11(14)17-10)2-1-8-12(5-20-7-21-8)3-18-6-19-4-12/h8H,1-7H2,(H4,13,14,15,16,17). The fourth-order valence-corrected chi connectivity index (χ4v) is 2.72. The van der Waals surface area contributed by atoms with Gasteiger partial charge in [0.1, 0.15) is 19.4 Å². The number of anilines is 2. The third-order valence-electron chi connectivity index (χ3n) is 3.72. The molecule has 1 atom stereocenters. The number of hydrogen-bond donors (Lipinski definition) is 2. The summed E-state index contributed by atoms with van der Waals surface area (Å²) in [5.74, 6) is 0.816. The van der Waals surface area contributed by atoms with Crippen LogP contribution >= 0.6 is 0 Å². The predicted octanol–water partition coefficient (Wildman–Crippen LogP) is -0.668. The van der Waals surface area contributed by atoms with Crippen molar-refractivity contribution in [2.45, 2.75) is 18.9 Å². The summed E-state index contributed by atoms with van der Waals surface area (Å²) in [5, 5.41) is 0. The molecular formula is C12H19N5O4. The van der Waals surface area contributed by atoms with Crippen molar-refractivity contribution < 1.29 is 18.9 Å². The molecule has 21 heavy (non-hydrogen) atoms. The lowest BCUT2D eigenvalue weighted by Crippen LogP contribution is -2.54. The topological polar surface area (TPSA) is 128 Å². The Hall–Kier alpha value is -1.55. The van der Waals surface area contributed by atoms with Crippen LogP contribution in [0.15, 0.2) is 0 Å². The zero-order valence-electron chi connectivity index (χ0n) is 11.7. The van der Waals surface area contributed by atoms with Crippen LogP contribution in [-0.4, -0.2) is 54.5 Å². The Balaban J connectivity index is 1.67. The molecule has 0 aromatic carbocycles. The van der Waals surface area contributed by atoms with Crippen LogP contribution in [0.3, 0.4) is 0 Å².